The molecular weight excluding hydrogens is 150 g/mol. The molecule has 7 nitrogen and oxygen atoms in total. The average Bonchev–Trinajstić information content (AvgIpc) is 2.30. The van der Waals surface area contributed by atoms with E-state index in [1.807, 2.05) is 0 Å². The van der Waals surface area contributed by atoms with Gasteiger partial charge in [-0.25, -0.2) is 0 Å². The summed E-state index contributed by atoms with van der Waals surface area (Å²) in [6, 6.07) is 0. The fraction of sp³-hybridized carbons (Fsp3) is 0. The molecule has 0 aliphatic carbocycles. The van der Waals surface area contributed by atoms with Gasteiger partial charge in [-0.05, 0) is 5.18 Å². The lowest BCUT2D eigenvalue weighted by Gasteiger charge is -1.93. The maximum absolute atomic E-state index is 9.98. The molecule has 0 atom stereocenters. The Balaban J connectivity index is 3.22. The molecule has 1 heterocycles. The van der Waals surface area contributed by atoms with Crippen LogP contribution in [-0.2, 0) is 0 Å². The van der Waals surface area contributed by atoms with E-state index in [-0.39, 0.29) is 23.0 Å². The van der Waals surface area contributed by atoms with Crippen molar-refractivity contribution in [1.29, 1.82) is 0 Å². The minimum Gasteiger partial charge on any atom is -0.394 e. The van der Waals surface area contributed by atoms with Crippen LogP contribution in [0.3, 0.4) is 0 Å². The van der Waals surface area contributed by atoms with Gasteiger partial charge in [0.05, 0.1) is 0 Å². The Morgan fingerprint density at radius 2 is 2.09 bits per heavy atom. The van der Waals surface area contributed by atoms with Crippen molar-refractivity contribution in [1.82, 2.24) is 4.98 Å². The Labute approximate surface area is 61.3 Å². The SMILES string of the molecule is Nc1c(N=O)[nH]c(NO)c1N. The van der Waals surface area contributed by atoms with E-state index < -0.39 is 0 Å². The number of rotatable bonds is 2. The minimum atomic E-state index is -0.0981. The van der Waals surface area contributed by atoms with Crippen LogP contribution in [0.25, 0.3) is 0 Å². The highest BCUT2D eigenvalue weighted by molar-refractivity contribution is 5.85. The van der Waals surface area contributed by atoms with E-state index in [4.69, 9.17) is 16.7 Å². The first kappa shape index (κ1) is 7.35. The van der Waals surface area contributed by atoms with Crippen LogP contribution in [-0.4, -0.2) is 10.2 Å². The summed E-state index contributed by atoms with van der Waals surface area (Å²) in [7, 11) is 0. The van der Waals surface area contributed by atoms with E-state index in [1.165, 1.54) is 0 Å². The molecule has 60 valence electrons. The lowest BCUT2D eigenvalue weighted by atomic mass is 10.4. The number of H-pyrrole nitrogens is 1. The highest BCUT2D eigenvalue weighted by atomic mass is 16.5. The molecule has 0 saturated heterocycles. The Kier molecular flexibility index (Phi) is 1.65. The van der Waals surface area contributed by atoms with E-state index in [1.54, 1.807) is 5.48 Å². The summed E-state index contributed by atoms with van der Waals surface area (Å²) in [6.45, 7) is 0. The Morgan fingerprint density at radius 1 is 1.45 bits per heavy atom. The van der Waals surface area contributed by atoms with E-state index in [9.17, 15) is 4.91 Å². The number of nitrogens with one attached hydrogen (secondary N) is 2. The number of nitrogens with two attached hydrogens (primary N) is 2. The number of nitroso groups, excluding NO2 is 1. The van der Waals surface area contributed by atoms with Gasteiger partial charge in [-0.2, -0.15) is 0 Å². The molecule has 0 spiro atoms. The fourth-order valence-electron chi connectivity index (χ4n) is 0.675. The molecule has 0 fully saturated rings. The number of nitrogens with zero attached hydrogens (tertiary/aromatic N) is 1. The van der Waals surface area contributed by atoms with Crippen molar-refractivity contribution in [2.45, 2.75) is 0 Å². The zero-order valence-corrected chi connectivity index (χ0v) is 5.46. The number of hydrogen-bond donors (Lipinski definition) is 5. The van der Waals surface area contributed by atoms with Gasteiger partial charge in [0.15, 0.2) is 5.82 Å². The summed E-state index contributed by atoms with van der Waals surface area (Å²) in [5, 5.41) is 10.9. The van der Waals surface area contributed by atoms with Gasteiger partial charge in [0.25, 0.3) is 0 Å². The predicted octanol–water partition coefficient (Wildman–Crippen LogP) is 0.378. The molecule has 1 aromatic rings. The molecular formula is C4H7N5O2. The quantitative estimate of drug-likeness (QED) is 0.313. The van der Waals surface area contributed by atoms with Crippen LogP contribution in [0.15, 0.2) is 5.18 Å². The highest BCUT2D eigenvalue weighted by Gasteiger charge is 2.11. The molecule has 7 N–H and O–H groups in total. The van der Waals surface area contributed by atoms with E-state index in [0.29, 0.717) is 0 Å². The second-order valence-corrected chi connectivity index (χ2v) is 1.88. The third kappa shape index (κ3) is 0.964. The fourth-order valence-corrected chi connectivity index (χ4v) is 0.675. The Morgan fingerprint density at radius 3 is 2.36 bits per heavy atom. The van der Waals surface area contributed by atoms with Gasteiger partial charge in [0, 0.05) is 0 Å². The van der Waals surface area contributed by atoms with Crippen LogP contribution >= 0.6 is 0 Å². The second kappa shape index (κ2) is 2.46. The molecule has 1 aromatic heterocycles. The summed E-state index contributed by atoms with van der Waals surface area (Å²) in [5.41, 5.74) is 12.4. The van der Waals surface area contributed by atoms with Gasteiger partial charge in [-0.15, -0.1) is 4.91 Å². The summed E-state index contributed by atoms with van der Waals surface area (Å²) in [5.74, 6) is -0.0313. The van der Waals surface area contributed by atoms with Crippen molar-refractivity contribution in [3.05, 3.63) is 4.91 Å². The molecule has 0 amide bonds. The first-order chi connectivity index (χ1) is 5.20. The third-order valence-electron chi connectivity index (χ3n) is 1.26. The molecule has 0 bridgehead atoms. The molecule has 0 unspecified atom stereocenters. The molecule has 0 aliphatic heterocycles. The first-order valence-electron chi connectivity index (χ1n) is 2.71. The van der Waals surface area contributed by atoms with Crippen LogP contribution in [0.2, 0.25) is 0 Å². The lowest BCUT2D eigenvalue weighted by molar-refractivity contribution is 0.387. The van der Waals surface area contributed by atoms with Crippen LogP contribution in [0, 0.1) is 4.91 Å². The van der Waals surface area contributed by atoms with Crippen molar-refractivity contribution in [3.8, 4) is 0 Å². The maximum Gasteiger partial charge on any atom is 0.201 e. The van der Waals surface area contributed by atoms with Crippen LogP contribution in [0.1, 0.15) is 0 Å². The maximum atomic E-state index is 9.98. The second-order valence-electron chi connectivity index (χ2n) is 1.88. The number of hydrogen-bond acceptors (Lipinski definition) is 6. The number of anilines is 3. The highest BCUT2D eigenvalue weighted by Crippen LogP contribution is 2.33. The molecule has 0 saturated carbocycles. The van der Waals surface area contributed by atoms with Crippen LogP contribution < -0.4 is 16.9 Å². The lowest BCUT2D eigenvalue weighted by Crippen LogP contribution is -1.95. The molecule has 11 heavy (non-hydrogen) atoms. The Hall–Kier alpha value is -1.76. The summed E-state index contributed by atoms with van der Waals surface area (Å²) in [4.78, 5) is 12.3. The first-order valence-corrected chi connectivity index (χ1v) is 2.71. The van der Waals surface area contributed by atoms with E-state index in [2.05, 4.69) is 10.2 Å². The zero-order chi connectivity index (χ0) is 8.43. The largest absolute Gasteiger partial charge is 0.394 e. The predicted molar refractivity (Wildman–Crippen MR) is 40.5 cm³/mol. The molecule has 0 radical (unpaired) electrons. The van der Waals surface area contributed by atoms with Crippen LogP contribution in [0.5, 0.6) is 0 Å². The monoisotopic (exact) mass is 157 g/mol. The third-order valence-corrected chi connectivity index (χ3v) is 1.26. The van der Waals surface area contributed by atoms with Crippen molar-refractivity contribution >= 4 is 23.0 Å². The molecule has 0 aliphatic rings. The topological polar surface area (TPSA) is 130 Å². The van der Waals surface area contributed by atoms with E-state index in [0.717, 1.165) is 0 Å². The summed E-state index contributed by atoms with van der Waals surface area (Å²) in [6.07, 6.45) is 0. The molecule has 1 rings (SSSR count). The Bertz CT molecular complexity index is 280. The average molecular weight is 157 g/mol. The van der Waals surface area contributed by atoms with Gasteiger partial charge < -0.3 is 16.5 Å². The smallest absolute Gasteiger partial charge is 0.201 e. The van der Waals surface area contributed by atoms with Crippen LogP contribution in [0.4, 0.5) is 23.0 Å². The summed E-state index contributed by atoms with van der Waals surface area (Å²) >= 11 is 0. The molecule has 7 heteroatoms. The van der Waals surface area contributed by atoms with Gasteiger partial charge in [-0.3, -0.25) is 10.7 Å². The van der Waals surface area contributed by atoms with E-state index >= 15 is 0 Å². The molecule has 0 aromatic carbocycles. The van der Waals surface area contributed by atoms with Crippen molar-refractivity contribution in [3.63, 3.8) is 0 Å². The van der Waals surface area contributed by atoms with Gasteiger partial charge in [0.1, 0.15) is 11.4 Å². The number of nitrogen functional groups attached to an aromatic ring is 2. The normalized spacial score (nSPS) is 9.55. The van der Waals surface area contributed by atoms with Gasteiger partial charge in [0.2, 0.25) is 5.82 Å². The number of aromatic amines is 1. The summed E-state index contributed by atoms with van der Waals surface area (Å²) < 4.78 is 0. The van der Waals surface area contributed by atoms with Crippen molar-refractivity contribution < 1.29 is 5.21 Å². The zero-order valence-electron chi connectivity index (χ0n) is 5.46. The van der Waals surface area contributed by atoms with Gasteiger partial charge >= 0.3 is 0 Å². The van der Waals surface area contributed by atoms with Crippen molar-refractivity contribution in [2.75, 3.05) is 16.9 Å². The minimum absolute atomic E-state index is 0.0246. The van der Waals surface area contributed by atoms with Gasteiger partial charge in [-0.1, -0.05) is 0 Å². The van der Waals surface area contributed by atoms with Crippen molar-refractivity contribution in [2.24, 2.45) is 5.18 Å². The standard InChI is InChI=1S/C4H7N5O2/c5-1-2(6)4(9-11)7-3(1)8-10/h7-8,10H,5-6H2. The number of aromatic nitrogens is 1.